The molecule has 0 spiro atoms. The number of benzene rings is 2. The van der Waals surface area contributed by atoms with Crippen molar-refractivity contribution in [3.63, 3.8) is 0 Å². The van der Waals surface area contributed by atoms with E-state index in [1.807, 2.05) is 0 Å². The predicted molar refractivity (Wildman–Crippen MR) is 116 cm³/mol. The van der Waals surface area contributed by atoms with E-state index in [4.69, 9.17) is 0 Å². The van der Waals surface area contributed by atoms with E-state index >= 15 is 0 Å². The fraction of sp³-hybridized carbons (Fsp3) is 0.480. The van der Waals surface area contributed by atoms with Gasteiger partial charge in [-0.15, -0.1) is 0 Å². The van der Waals surface area contributed by atoms with E-state index in [0.717, 1.165) is 52.0 Å². The highest BCUT2D eigenvalue weighted by Crippen LogP contribution is 2.40. The number of likely N-dealkylation sites (tertiary alicyclic amines) is 2. The van der Waals surface area contributed by atoms with Crippen LogP contribution >= 0.6 is 0 Å². The standard InChI is InChI=1S/C25H32N2O2/c28-19-21-8-7-15-26(18-21)16-17-27-20-25(14-13-24(27)29,22-9-3-1-4-10-22)23-11-5-2-6-12-23/h1-6,9-12,21,28H,7-8,13-20H2/t21-/m1/s1. The molecule has 4 rings (SSSR count). The molecule has 0 unspecified atom stereocenters. The second kappa shape index (κ2) is 9.10. The molecule has 4 nitrogen and oxygen atoms in total. The molecule has 0 aliphatic carbocycles. The summed E-state index contributed by atoms with van der Waals surface area (Å²) in [5, 5.41) is 9.50. The zero-order chi connectivity index (χ0) is 20.1. The molecule has 2 heterocycles. The number of amides is 1. The Balaban J connectivity index is 1.54. The lowest BCUT2D eigenvalue weighted by atomic mass is 9.69. The number of carbonyl (C=O) groups excluding carboxylic acids is 1. The van der Waals surface area contributed by atoms with Gasteiger partial charge in [0, 0.05) is 44.6 Å². The lowest BCUT2D eigenvalue weighted by molar-refractivity contribution is -0.135. The first-order valence-corrected chi connectivity index (χ1v) is 10.9. The van der Waals surface area contributed by atoms with Crippen LogP contribution in [0.1, 0.15) is 36.8 Å². The fourth-order valence-corrected chi connectivity index (χ4v) is 5.09. The van der Waals surface area contributed by atoms with Crippen molar-refractivity contribution in [1.82, 2.24) is 9.80 Å². The first-order valence-electron chi connectivity index (χ1n) is 10.9. The molecule has 1 N–H and O–H groups in total. The number of aliphatic hydroxyl groups is 1. The topological polar surface area (TPSA) is 43.8 Å². The van der Waals surface area contributed by atoms with Crippen LogP contribution in [0.3, 0.4) is 0 Å². The monoisotopic (exact) mass is 392 g/mol. The predicted octanol–water partition coefficient (Wildman–Crippen LogP) is 3.30. The summed E-state index contributed by atoms with van der Waals surface area (Å²) in [6.45, 7) is 4.67. The second-order valence-electron chi connectivity index (χ2n) is 8.62. The van der Waals surface area contributed by atoms with Crippen molar-refractivity contribution in [3.8, 4) is 0 Å². The van der Waals surface area contributed by atoms with Crippen molar-refractivity contribution in [2.75, 3.05) is 39.3 Å². The van der Waals surface area contributed by atoms with Crippen LogP contribution in [-0.4, -0.2) is 60.1 Å². The zero-order valence-corrected chi connectivity index (χ0v) is 17.2. The van der Waals surface area contributed by atoms with E-state index in [9.17, 15) is 9.90 Å². The van der Waals surface area contributed by atoms with Gasteiger partial charge in [0.25, 0.3) is 0 Å². The summed E-state index contributed by atoms with van der Waals surface area (Å²) in [4.78, 5) is 17.3. The van der Waals surface area contributed by atoms with Gasteiger partial charge >= 0.3 is 0 Å². The third kappa shape index (κ3) is 4.39. The quantitative estimate of drug-likeness (QED) is 0.820. The highest BCUT2D eigenvalue weighted by Gasteiger charge is 2.41. The Labute approximate surface area is 174 Å². The first kappa shape index (κ1) is 20.1. The minimum atomic E-state index is -0.147. The molecular weight excluding hydrogens is 360 g/mol. The molecule has 0 bridgehead atoms. The van der Waals surface area contributed by atoms with Crippen LogP contribution < -0.4 is 0 Å². The van der Waals surface area contributed by atoms with Gasteiger partial charge in [0.15, 0.2) is 0 Å². The summed E-state index contributed by atoms with van der Waals surface area (Å²) in [5.74, 6) is 0.650. The van der Waals surface area contributed by atoms with Gasteiger partial charge in [0.05, 0.1) is 0 Å². The van der Waals surface area contributed by atoms with Gasteiger partial charge in [0.1, 0.15) is 0 Å². The van der Waals surface area contributed by atoms with Gasteiger partial charge in [-0.25, -0.2) is 0 Å². The van der Waals surface area contributed by atoms with E-state index in [0.29, 0.717) is 12.3 Å². The SMILES string of the molecule is O=C1CCC(c2ccccc2)(c2ccccc2)CN1CCN1CCC[C@@H](CO)C1. The van der Waals surface area contributed by atoms with Gasteiger partial charge in [-0.3, -0.25) is 4.79 Å². The Hall–Kier alpha value is -2.17. The molecule has 0 saturated carbocycles. The molecule has 0 radical (unpaired) electrons. The van der Waals surface area contributed by atoms with Crippen LogP contribution in [0.2, 0.25) is 0 Å². The van der Waals surface area contributed by atoms with E-state index in [-0.39, 0.29) is 17.9 Å². The van der Waals surface area contributed by atoms with Crippen LogP contribution in [0.25, 0.3) is 0 Å². The minimum absolute atomic E-state index is 0.147. The van der Waals surface area contributed by atoms with Gasteiger partial charge in [-0.05, 0) is 42.9 Å². The number of hydrogen-bond donors (Lipinski definition) is 1. The smallest absolute Gasteiger partial charge is 0.222 e. The van der Waals surface area contributed by atoms with E-state index in [1.165, 1.54) is 11.1 Å². The molecular formula is C25H32N2O2. The number of aliphatic hydroxyl groups excluding tert-OH is 1. The third-order valence-electron chi connectivity index (χ3n) is 6.78. The van der Waals surface area contributed by atoms with Gasteiger partial charge in [-0.2, -0.15) is 0 Å². The van der Waals surface area contributed by atoms with Crippen molar-refractivity contribution in [1.29, 1.82) is 0 Å². The second-order valence-corrected chi connectivity index (χ2v) is 8.62. The largest absolute Gasteiger partial charge is 0.396 e. The normalized spacial score (nSPS) is 22.6. The van der Waals surface area contributed by atoms with Crippen molar-refractivity contribution in [2.24, 2.45) is 5.92 Å². The summed E-state index contributed by atoms with van der Waals surface area (Å²) < 4.78 is 0. The molecule has 2 saturated heterocycles. The third-order valence-corrected chi connectivity index (χ3v) is 6.78. The van der Waals surface area contributed by atoms with E-state index in [2.05, 4.69) is 70.5 Å². The highest BCUT2D eigenvalue weighted by molar-refractivity contribution is 5.78. The maximum absolute atomic E-state index is 12.8. The molecule has 4 heteroatoms. The molecule has 2 aliphatic heterocycles. The lowest BCUT2D eigenvalue weighted by Gasteiger charge is -2.44. The van der Waals surface area contributed by atoms with E-state index < -0.39 is 0 Å². The zero-order valence-electron chi connectivity index (χ0n) is 17.2. The fourth-order valence-electron chi connectivity index (χ4n) is 5.09. The number of piperidine rings is 2. The highest BCUT2D eigenvalue weighted by atomic mass is 16.3. The van der Waals surface area contributed by atoms with Crippen molar-refractivity contribution < 1.29 is 9.90 Å². The molecule has 0 aromatic heterocycles. The van der Waals surface area contributed by atoms with Crippen LogP contribution in [0.4, 0.5) is 0 Å². The Morgan fingerprint density at radius 2 is 1.62 bits per heavy atom. The van der Waals surface area contributed by atoms with Crippen molar-refractivity contribution in [2.45, 2.75) is 31.1 Å². The van der Waals surface area contributed by atoms with Crippen LogP contribution in [0.15, 0.2) is 60.7 Å². The molecule has 2 aromatic carbocycles. The Morgan fingerprint density at radius 3 is 2.24 bits per heavy atom. The average Bonchev–Trinajstić information content (AvgIpc) is 2.80. The van der Waals surface area contributed by atoms with Gasteiger partial charge in [0.2, 0.25) is 5.91 Å². The molecule has 1 amide bonds. The average molecular weight is 393 g/mol. The molecule has 2 aliphatic rings. The molecule has 1 atom stereocenters. The molecule has 2 aromatic rings. The van der Waals surface area contributed by atoms with E-state index in [1.54, 1.807) is 0 Å². The van der Waals surface area contributed by atoms with Crippen LogP contribution in [0.5, 0.6) is 0 Å². The maximum Gasteiger partial charge on any atom is 0.222 e. The summed E-state index contributed by atoms with van der Waals surface area (Å²) in [6.07, 6.45) is 3.69. The summed E-state index contributed by atoms with van der Waals surface area (Å²) >= 11 is 0. The Morgan fingerprint density at radius 1 is 0.966 bits per heavy atom. The first-order chi connectivity index (χ1) is 14.2. The van der Waals surface area contributed by atoms with Crippen molar-refractivity contribution >= 4 is 5.91 Å². The minimum Gasteiger partial charge on any atom is -0.396 e. The molecule has 154 valence electrons. The number of rotatable bonds is 6. The van der Waals surface area contributed by atoms with Gasteiger partial charge < -0.3 is 14.9 Å². The maximum atomic E-state index is 12.8. The van der Waals surface area contributed by atoms with Crippen LogP contribution in [-0.2, 0) is 10.2 Å². The molecule has 2 fully saturated rings. The lowest BCUT2D eigenvalue weighted by Crippen LogP contribution is -2.52. The van der Waals surface area contributed by atoms with Crippen LogP contribution in [0, 0.1) is 5.92 Å². The van der Waals surface area contributed by atoms with Gasteiger partial charge in [-0.1, -0.05) is 60.7 Å². The number of nitrogens with zero attached hydrogens (tertiary/aromatic N) is 2. The summed E-state index contributed by atoms with van der Waals surface area (Å²) in [5.41, 5.74) is 2.44. The Kier molecular flexibility index (Phi) is 6.31. The van der Waals surface area contributed by atoms with Crippen molar-refractivity contribution in [3.05, 3.63) is 71.8 Å². The number of carbonyl (C=O) groups is 1. The summed E-state index contributed by atoms with van der Waals surface area (Å²) in [6, 6.07) is 21.3. The summed E-state index contributed by atoms with van der Waals surface area (Å²) in [7, 11) is 0. The Bertz CT molecular complexity index is 753. The number of hydrogen-bond acceptors (Lipinski definition) is 3. The molecule has 29 heavy (non-hydrogen) atoms.